The Labute approximate surface area is 182 Å². The first-order chi connectivity index (χ1) is 14.1. The number of hydrogen-bond donors (Lipinski definition) is 1. The minimum absolute atomic E-state index is 0.140. The Hall–Kier alpha value is -1.59. The molecule has 0 aromatic heterocycles. The van der Waals surface area contributed by atoms with Crippen LogP contribution in [0.4, 0.5) is 4.79 Å². The molecule has 5 heteroatoms. The Kier molecular flexibility index (Phi) is 5.88. The highest BCUT2D eigenvalue weighted by atomic mass is 16.6. The lowest BCUT2D eigenvalue weighted by atomic mass is 10.0. The van der Waals surface area contributed by atoms with Crippen molar-refractivity contribution in [2.75, 3.05) is 26.2 Å². The standard InChI is InChI=1S/C25H39N3O2/c1-18-14-27(15-19(2)26-18)16-25(11-12-25)17-28(23(29)30-24(3,4)5)22-13-21(22)20-9-7-6-8-10-20/h6-10,18-19,21-22,26H,11-17H2,1-5H3/t18-,19+,21-,22?/m1/s1. The van der Waals surface area contributed by atoms with Gasteiger partial charge in [0.25, 0.3) is 0 Å². The number of benzene rings is 1. The van der Waals surface area contributed by atoms with Gasteiger partial charge in [-0.15, -0.1) is 0 Å². The monoisotopic (exact) mass is 413 g/mol. The lowest BCUT2D eigenvalue weighted by molar-refractivity contribution is 0.0162. The van der Waals surface area contributed by atoms with Gasteiger partial charge in [-0.2, -0.15) is 0 Å². The molecule has 1 saturated heterocycles. The maximum absolute atomic E-state index is 13.2. The number of carbonyl (C=O) groups is 1. The molecule has 30 heavy (non-hydrogen) atoms. The molecule has 0 spiro atoms. The normalized spacial score (nSPS) is 30.6. The summed E-state index contributed by atoms with van der Waals surface area (Å²) in [6.07, 6.45) is 3.32. The maximum Gasteiger partial charge on any atom is 0.410 e. The second-order valence-corrected chi connectivity index (χ2v) is 11.1. The van der Waals surface area contributed by atoms with Crippen LogP contribution in [0.1, 0.15) is 65.4 Å². The Morgan fingerprint density at radius 1 is 1.17 bits per heavy atom. The van der Waals surface area contributed by atoms with Crippen LogP contribution in [0.5, 0.6) is 0 Å². The topological polar surface area (TPSA) is 44.8 Å². The van der Waals surface area contributed by atoms with Crippen LogP contribution < -0.4 is 5.32 Å². The van der Waals surface area contributed by atoms with Gasteiger partial charge in [-0.1, -0.05) is 30.3 Å². The van der Waals surface area contributed by atoms with Gasteiger partial charge in [0.05, 0.1) is 0 Å². The number of ether oxygens (including phenoxy) is 1. The summed E-state index contributed by atoms with van der Waals surface area (Å²) in [6, 6.07) is 11.9. The van der Waals surface area contributed by atoms with Crippen molar-refractivity contribution in [3.63, 3.8) is 0 Å². The van der Waals surface area contributed by atoms with E-state index in [1.165, 1.54) is 18.4 Å². The number of piperazine rings is 1. The van der Waals surface area contributed by atoms with E-state index in [-0.39, 0.29) is 17.6 Å². The van der Waals surface area contributed by atoms with Crippen LogP contribution >= 0.6 is 0 Å². The molecular weight excluding hydrogens is 374 g/mol. The molecule has 4 atom stereocenters. The zero-order valence-electron chi connectivity index (χ0n) is 19.4. The van der Waals surface area contributed by atoms with E-state index in [4.69, 9.17) is 4.74 Å². The van der Waals surface area contributed by atoms with Crippen molar-refractivity contribution in [1.82, 2.24) is 15.1 Å². The smallest absolute Gasteiger partial charge is 0.410 e. The van der Waals surface area contributed by atoms with E-state index >= 15 is 0 Å². The maximum atomic E-state index is 13.2. The van der Waals surface area contributed by atoms with Crippen LogP contribution in [0.2, 0.25) is 0 Å². The highest BCUT2D eigenvalue weighted by molar-refractivity contribution is 5.69. The molecule has 3 aliphatic rings. The summed E-state index contributed by atoms with van der Waals surface area (Å²) in [5.74, 6) is 0.439. The van der Waals surface area contributed by atoms with Gasteiger partial charge in [0.2, 0.25) is 0 Å². The second-order valence-electron chi connectivity index (χ2n) is 11.1. The molecule has 3 fully saturated rings. The van der Waals surface area contributed by atoms with E-state index in [2.05, 4.69) is 59.3 Å². The molecule has 1 N–H and O–H groups in total. The summed E-state index contributed by atoms with van der Waals surface area (Å²) in [4.78, 5) is 17.9. The number of amides is 1. The SMILES string of the molecule is C[C@@H]1CN(CC2(CN(C(=O)OC(C)(C)C)C3C[C@@H]3c3ccccc3)CC2)C[C@H](C)N1. The van der Waals surface area contributed by atoms with E-state index in [0.717, 1.165) is 32.6 Å². The number of hydrogen-bond acceptors (Lipinski definition) is 4. The van der Waals surface area contributed by atoms with Crippen LogP contribution in [0.25, 0.3) is 0 Å². The fourth-order valence-electron chi connectivity index (χ4n) is 5.17. The van der Waals surface area contributed by atoms with Crippen molar-refractivity contribution in [2.45, 2.75) is 83.5 Å². The molecule has 0 radical (unpaired) electrons. The molecule has 1 aromatic rings. The lowest BCUT2D eigenvalue weighted by Crippen LogP contribution is -2.56. The quantitative estimate of drug-likeness (QED) is 0.758. The van der Waals surface area contributed by atoms with E-state index < -0.39 is 5.60 Å². The lowest BCUT2D eigenvalue weighted by Gasteiger charge is -2.39. The van der Waals surface area contributed by atoms with Gasteiger partial charge < -0.3 is 15.0 Å². The first-order valence-electron chi connectivity index (χ1n) is 11.7. The van der Waals surface area contributed by atoms with E-state index in [1.807, 2.05) is 20.8 Å². The van der Waals surface area contributed by atoms with Crippen LogP contribution in [-0.4, -0.2) is 65.8 Å². The van der Waals surface area contributed by atoms with Gasteiger partial charge in [0, 0.05) is 55.6 Å². The predicted octanol–water partition coefficient (Wildman–Crippen LogP) is 4.24. The van der Waals surface area contributed by atoms with Crippen LogP contribution in [-0.2, 0) is 4.74 Å². The largest absolute Gasteiger partial charge is 0.444 e. The highest BCUT2D eigenvalue weighted by Crippen LogP contribution is 2.51. The number of nitrogens with one attached hydrogen (secondary N) is 1. The molecule has 1 unspecified atom stereocenters. The Bertz CT molecular complexity index is 731. The minimum atomic E-state index is -0.466. The summed E-state index contributed by atoms with van der Waals surface area (Å²) in [5.41, 5.74) is 1.11. The Morgan fingerprint density at radius 2 is 1.80 bits per heavy atom. The fourth-order valence-corrected chi connectivity index (χ4v) is 5.17. The van der Waals surface area contributed by atoms with Crippen molar-refractivity contribution in [3.8, 4) is 0 Å². The molecule has 1 heterocycles. The molecule has 166 valence electrons. The van der Waals surface area contributed by atoms with Crippen molar-refractivity contribution < 1.29 is 9.53 Å². The third kappa shape index (κ3) is 5.36. The van der Waals surface area contributed by atoms with Gasteiger partial charge in [0.15, 0.2) is 0 Å². The molecule has 4 rings (SSSR count). The average Bonchev–Trinajstić information content (AvgIpc) is 3.54. The van der Waals surface area contributed by atoms with Gasteiger partial charge in [-0.05, 0) is 59.4 Å². The van der Waals surface area contributed by atoms with E-state index in [0.29, 0.717) is 18.0 Å². The second kappa shape index (κ2) is 8.16. The Balaban J connectivity index is 1.45. The van der Waals surface area contributed by atoms with Gasteiger partial charge in [-0.25, -0.2) is 4.79 Å². The van der Waals surface area contributed by atoms with E-state index in [1.54, 1.807) is 0 Å². The minimum Gasteiger partial charge on any atom is -0.444 e. The van der Waals surface area contributed by atoms with Crippen LogP contribution in [0.15, 0.2) is 30.3 Å². The fraction of sp³-hybridized carbons (Fsp3) is 0.720. The van der Waals surface area contributed by atoms with Crippen LogP contribution in [0.3, 0.4) is 0 Å². The zero-order chi connectivity index (χ0) is 21.5. The predicted molar refractivity (Wildman–Crippen MR) is 121 cm³/mol. The molecule has 1 amide bonds. The first kappa shape index (κ1) is 21.6. The third-order valence-electron chi connectivity index (χ3n) is 6.67. The number of rotatable bonds is 6. The first-order valence-corrected chi connectivity index (χ1v) is 11.7. The summed E-state index contributed by atoms with van der Waals surface area (Å²) in [7, 11) is 0. The van der Waals surface area contributed by atoms with Crippen molar-refractivity contribution in [3.05, 3.63) is 35.9 Å². The Morgan fingerprint density at radius 3 is 2.37 bits per heavy atom. The highest BCUT2D eigenvalue weighted by Gasteiger charge is 2.52. The average molecular weight is 414 g/mol. The van der Waals surface area contributed by atoms with Crippen LogP contribution in [0, 0.1) is 5.41 Å². The molecule has 1 aromatic carbocycles. The summed E-state index contributed by atoms with van der Waals surface area (Å²) >= 11 is 0. The summed E-state index contributed by atoms with van der Waals surface area (Å²) in [5, 5.41) is 3.63. The molecular formula is C25H39N3O2. The van der Waals surface area contributed by atoms with E-state index in [9.17, 15) is 4.79 Å². The molecule has 1 aliphatic heterocycles. The number of carbonyl (C=O) groups excluding carboxylic acids is 1. The molecule has 5 nitrogen and oxygen atoms in total. The summed E-state index contributed by atoms with van der Waals surface area (Å²) in [6.45, 7) is 14.5. The van der Waals surface area contributed by atoms with Crippen molar-refractivity contribution in [2.24, 2.45) is 5.41 Å². The molecule has 2 aliphatic carbocycles. The van der Waals surface area contributed by atoms with Crippen molar-refractivity contribution >= 4 is 6.09 Å². The van der Waals surface area contributed by atoms with Gasteiger partial charge in [0.1, 0.15) is 5.60 Å². The molecule has 0 bridgehead atoms. The third-order valence-corrected chi connectivity index (χ3v) is 6.67. The number of nitrogens with zero attached hydrogens (tertiary/aromatic N) is 2. The summed E-state index contributed by atoms with van der Waals surface area (Å²) < 4.78 is 5.85. The zero-order valence-corrected chi connectivity index (χ0v) is 19.4. The van der Waals surface area contributed by atoms with Crippen molar-refractivity contribution in [1.29, 1.82) is 0 Å². The van der Waals surface area contributed by atoms with Gasteiger partial charge in [-0.3, -0.25) is 4.90 Å². The van der Waals surface area contributed by atoms with Gasteiger partial charge >= 0.3 is 6.09 Å². The molecule has 2 saturated carbocycles.